The van der Waals surface area contributed by atoms with Crippen molar-refractivity contribution in [1.29, 1.82) is 0 Å². The van der Waals surface area contributed by atoms with Crippen LogP contribution < -0.4 is 10.1 Å². The van der Waals surface area contributed by atoms with Crippen LogP contribution in [0, 0.1) is 0 Å². The lowest BCUT2D eigenvalue weighted by molar-refractivity contribution is 0.102. The van der Waals surface area contributed by atoms with Crippen LogP contribution in [0.25, 0.3) is 0 Å². The van der Waals surface area contributed by atoms with Gasteiger partial charge in [0.15, 0.2) is 0 Å². The van der Waals surface area contributed by atoms with Gasteiger partial charge in [-0.25, -0.2) is 0 Å². The highest BCUT2D eigenvalue weighted by molar-refractivity contribution is 7.14. The number of aromatic nitrogens is 4. The quantitative estimate of drug-likeness (QED) is 0.883. The minimum absolute atomic E-state index is 0.00124. The Balaban J connectivity index is 2.25. The average molecular weight is 295 g/mol. The second kappa shape index (κ2) is 6.00. The van der Waals surface area contributed by atoms with E-state index in [1.165, 1.54) is 11.3 Å². The average Bonchev–Trinajstić information content (AvgIpc) is 2.97. The van der Waals surface area contributed by atoms with Crippen LogP contribution in [0.3, 0.4) is 0 Å². The number of amides is 1. The molecule has 2 aromatic heterocycles. The van der Waals surface area contributed by atoms with Crippen molar-refractivity contribution in [2.24, 2.45) is 0 Å². The van der Waals surface area contributed by atoms with Crippen LogP contribution in [-0.2, 0) is 0 Å². The highest BCUT2D eigenvalue weighted by Gasteiger charge is 2.20. The molecule has 2 rings (SSSR count). The van der Waals surface area contributed by atoms with Crippen LogP contribution in [0.4, 0.5) is 5.95 Å². The molecule has 0 atom stereocenters. The Kier molecular flexibility index (Phi) is 4.33. The van der Waals surface area contributed by atoms with Crippen LogP contribution in [-0.4, -0.2) is 32.6 Å². The minimum Gasteiger partial charge on any atom is -0.489 e. The van der Waals surface area contributed by atoms with Crippen LogP contribution in [0.2, 0.25) is 0 Å². The zero-order valence-corrected chi connectivity index (χ0v) is 12.6. The number of H-pyrrole nitrogens is 1. The van der Waals surface area contributed by atoms with E-state index < -0.39 is 0 Å². The first-order valence-electron chi connectivity index (χ1n) is 6.32. The number of carbonyl (C=O) groups is 1. The fourth-order valence-electron chi connectivity index (χ4n) is 1.55. The molecule has 0 spiro atoms. The number of nitrogens with one attached hydrogen (secondary N) is 2. The van der Waals surface area contributed by atoms with Crippen molar-refractivity contribution < 1.29 is 9.53 Å². The van der Waals surface area contributed by atoms with Gasteiger partial charge in [-0.15, -0.1) is 16.4 Å². The molecule has 0 unspecified atom stereocenters. The molecule has 2 aromatic rings. The summed E-state index contributed by atoms with van der Waals surface area (Å²) in [5, 5.41) is 15.7. The van der Waals surface area contributed by atoms with Gasteiger partial charge in [0.25, 0.3) is 11.9 Å². The monoisotopic (exact) mass is 295 g/mol. The molecule has 20 heavy (non-hydrogen) atoms. The van der Waals surface area contributed by atoms with Gasteiger partial charge in [0.2, 0.25) is 0 Å². The van der Waals surface area contributed by atoms with Crippen LogP contribution in [0.15, 0.2) is 6.07 Å². The number of hydrogen-bond donors (Lipinski definition) is 2. The fourth-order valence-corrected chi connectivity index (χ4v) is 2.54. The van der Waals surface area contributed by atoms with E-state index in [-0.39, 0.29) is 18.0 Å². The molecule has 0 aromatic carbocycles. The van der Waals surface area contributed by atoms with E-state index in [1.807, 2.05) is 19.9 Å². The highest BCUT2D eigenvalue weighted by Crippen LogP contribution is 2.34. The van der Waals surface area contributed by atoms with Gasteiger partial charge in [-0.3, -0.25) is 10.1 Å². The number of hydrogen-bond acceptors (Lipinski definition) is 6. The number of rotatable bonds is 5. The summed E-state index contributed by atoms with van der Waals surface area (Å²) in [5.41, 5.74) is 0. The fraction of sp³-hybridized carbons (Fsp3) is 0.500. The molecule has 0 aliphatic carbocycles. The van der Waals surface area contributed by atoms with Crippen LogP contribution >= 0.6 is 11.3 Å². The highest BCUT2D eigenvalue weighted by atomic mass is 32.1. The Morgan fingerprint density at radius 2 is 2.15 bits per heavy atom. The van der Waals surface area contributed by atoms with Crippen molar-refractivity contribution in [2.45, 2.75) is 39.7 Å². The number of tetrazole rings is 1. The Morgan fingerprint density at radius 1 is 1.40 bits per heavy atom. The molecule has 7 nitrogen and oxygen atoms in total. The van der Waals surface area contributed by atoms with Gasteiger partial charge < -0.3 is 4.74 Å². The number of ether oxygens (including phenoxy) is 1. The van der Waals surface area contributed by atoms with E-state index in [9.17, 15) is 4.79 Å². The molecule has 0 radical (unpaired) electrons. The van der Waals surface area contributed by atoms with Crippen LogP contribution in [0.5, 0.6) is 5.75 Å². The number of carbonyl (C=O) groups excluding carboxylic acids is 1. The van der Waals surface area contributed by atoms with Gasteiger partial charge in [0.05, 0.1) is 6.10 Å². The third kappa shape index (κ3) is 3.32. The van der Waals surface area contributed by atoms with Crippen molar-refractivity contribution in [2.75, 3.05) is 5.32 Å². The van der Waals surface area contributed by atoms with Crippen molar-refractivity contribution >= 4 is 23.2 Å². The van der Waals surface area contributed by atoms with Gasteiger partial charge in [-0.2, -0.15) is 5.21 Å². The Hall–Kier alpha value is -1.96. The maximum Gasteiger partial charge on any atom is 0.272 e. The topological polar surface area (TPSA) is 92.8 Å². The molecule has 0 saturated carbocycles. The third-order valence-corrected chi connectivity index (χ3v) is 3.84. The van der Waals surface area contributed by atoms with E-state index >= 15 is 0 Å². The summed E-state index contributed by atoms with van der Waals surface area (Å²) in [5.74, 6) is 0.778. The number of aromatic amines is 1. The number of anilines is 1. The maximum absolute atomic E-state index is 12.2. The molecule has 8 heteroatoms. The summed E-state index contributed by atoms with van der Waals surface area (Å²) in [6, 6.07) is 1.92. The second-order valence-corrected chi connectivity index (χ2v) is 5.94. The number of nitrogens with zero attached hydrogens (tertiary/aromatic N) is 3. The van der Waals surface area contributed by atoms with Crippen LogP contribution in [0.1, 0.15) is 48.2 Å². The normalized spacial score (nSPS) is 11.1. The van der Waals surface area contributed by atoms with Crippen molar-refractivity contribution in [3.63, 3.8) is 0 Å². The lowest BCUT2D eigenvalue weighted by Gasteiger charge is -2.09. The molecule has 0 saturated heterocycles. The van der Waals surface area contributed by atoms with E-state index in [0.717, 1.165) is 4.88 Å². The smallest absolute Gasteiger partial charge is 0.272 e. The first kappa shape index (κ1) is 14.4. The third-order valence-electron chi connectivity index (χ3n) is 2.43. The Morgan fingerprint density at radius 3 is 2.70 bits per heavy atom. The zero-order chi connectivity index (χ0) is 14.7. The van der Waals surface area contributed by atoms with Gasteiger partial charge in [0.1, 0.15) is 10.6 Å². The van der Waals surface area contributed by atoms with E-state index in [0.29, 0.717) is 16.5 Å². The molecule has 2 N–H and O–H groups in total. The molecule has 0 bridgehead atoms. The summed E-state index contributed by atoms with van der Waals surface area (Å²) in [7, 11) is 0. The molecule has 0 aliphatic rings. The van der Waals surface area contributed by atoms with E-state index in [2.05, 4.69) is 39.8 Å². The molecular weight excluding hydrogens is 278 g/mol. The predicted molar refractivity (Wildman–Crippen MR) is 76.3 cm³/mol. The summed E-state index contributed by atoms with van der Waals surface area (Å²) in [4.78, 5) is 13.9. The van der Waals surface area contributed by atoms with Gasteiger partial charge in [0, 0.05) is 4.88 Å². The SMILES string of the molecule is CC(C)Oc1cc(C(C)C)sc1C(=O)Nc1nn[nH]n1. The second-order valence-electron chi connectivity index (χ2n) is 4.85. The molecule has 0 fully saturated rings. The maximum atomic E-state index is 12.2. The zero-order valence-electron chi connectivity index (χ0n) is 11.8. The molecule has 1 amide bonds. The summed E-state index contributed by atoms with van der Waals surface area (Å²) in [6.45, 7) is 8.00. The summed E-state index contributed by atoms with van der Waals surface area (Å²) < 4.78 is 5.70. The Labute approximate surface area is 120 Å². The largest absolute Gasteiger partial charge is 0.489 e. The van der Waals surface area contributed by atoms with Gasteiger partial charge >= 0.3 is 0 Å². The van der Waals surface area contributed by atoms with Crippen molar-refractivity contribution in [1.82, 2.24) is 20.6 Å². The standard InChI is InChI=1S/C12H17N5O2S/c1-6(2)9-5-8(19-7(3)4)10(20-9)11(18)13-12-14-16-17-15-12/h5-7H,1-4H3,(H2,13,14,15,16,17,18). The molecule has 108 valence electrons. The molecule has 0 aliphatic heterocycles. The molecule has 2 heterocycles. The van der Waals surface area contributed by atoms with Crippen molar-refractivity contribution in [3.05, 3.63) is 15.8 Å². The summed E-state index contributed by atoms with van der Waals surface area (Å²) >= 11 is 1.42. The van der Waals surface area contributed by atoms with Crippen molar-refractivity contribution in [3.8, 4) is 5.75 Å². The van der Waals surface area contributed by atoms with E-state index in [1.54, 1.807) is 0 Å². The molecular formula is C12H17N5O2S. The summed E-state index contributed by atoms with van der Waals surface area (Å²) in [6.07, 6.45) is 0.00124. The van der Waals surface area contributed by atoms with Gasteiger partial charge in [-0.1, -0.05) is 18.9 Å². The van der Waals surface area contributed by atoms with Gasteiger partial charge in [-0.05, 0) is 31.0 Å². The lowest BCUT2D eigenvalue weighted by Crippen LogP contribution is -2.14. The first-order chi connectivity index (χ1) is 9.47. The first-order valence-corrected chi connectivity index (χ1v) is 7.14. The Bertz CT molecular complexity index is 577. The van der Waals surface area contributed by atoms with E-state index in [4.69, 9.17) is 4.74 Å². The lowest BCUT2D eigenvalue weighted by atomic mass is 10.2. The predicted octanol–water partition coefficient (Wildman–Crippen LogP) is 2.42. The minimum atomic E-state index is -0.293. The number of thiophene rings is 1.